The number of hydrogen-bond donors (Lipinski definition) is 2. The van der Waals surface area contributed by atoms with Crippen LogP contribution in [0.1, 0.15) is 12.0 Å². The molecule has 1 saturated heterocycles. The van der Waals surface area contributed by atoms with Crippen molar-refractivity contribution in [2.75, 3.05) is 18.1 Å². The molecular weight excluding hydrogens is 328 g/mol. The number of carbonyl (C=O) groups is 2. The van der Waals surface area contributed by atoms with Gasteiger partial charge in [-0.1, -0.05) is 23.7 Å². The topological polar surface area (TPSA) is 92.3 Å². The predicted molar refractivity (Wildman–Crippen MR) is 83.4 cm³/mol. The van der Waals surface area contributed by atoms with Gasteiger partial charge in [-0.3, -0.25) is 9.59 Å². The molecule has 1 fully saturated rings. The quantitative estimate of drug-likeness (QED) is 0.803. The molecule has 1 heterocycles. The summed E-state index contributed by atoms with van der Waals surface area (Å²) in [5, 5.41) is 5.66. The number of halogens is 1. The zero-order valence-corrected chi connectivity index (χ0v) is 13.4. The molecule has 0 saturated carbocycles. The molecule has 1 aromatic carbocycles. The number of amides is 2. The lowest BCUT2D eigenvalue weighted by atomic mass is 10.1. The van der Waals surface area contributed by atoms with Gasteiger partial charge in [0.05, 0.1) is 24.5 Å². The third-order valence-corrected chi connectivity index (χ3v) is 5.30. The number of hydrogen-bond acceptors (Lipinski definition) is 4. The molecule has 8 heteroatoms. The Morgan fingerprint density at radius 3 is 2.68 bits per heavy atom. The van der Waals surface area contributed by atoms with Crippen LogP contribution in [0.2, 0.25) is 5.02 Å². The molecule has 120 valence electrons. The maximum Gasteiger partial charge on any atom is 0.239 e. The summed E-state index contributed by atoms with van der Waals surface area (Å²) < 4.78 is 22.6. The van der Waals surface area contributed by atoms with Crippen LogP contribution < -0.4 is 10.6 Å². The summed E-state index contributed by atoms with van der Waals surface area (Å²) in [6.45, 7) is -0.171. The minimum atomic E-state index is -3.03. The first kappa shape index (κ1) is 16.8. The zero-order chi connectivity index (χ0) is 16.2. The van der Waals surface area contributed by atoms with Crippen LogP contribution in [0.4, 0.5) is 0 Å². The molecule has 0 radical (unpaired) electrons. The first-order valence-corrected chi connectivity index (χ1v) is 9.05. The normalized spacial score (nSPS) is 19.6. The second-order valence-electron chi connectivity index (χ2n) is 5.25. The Labute approximate surface area is 134 Å². The Bertz CT molecular complexity index is 675. The monoisotopic (exact) mass is 344 g/mol. The highest BCUT2D eigenvalue weighted by Crippen LogP contribution is 2.11. The number of rotatable bonds is 5. The summed E-state index contributed by atoms with van der Waals surface area (Å²) in [7, 11) is -3.03. The van der Waals surface area contributed by atoms with Crippen LogP contribution >= 0.6 is 11.6 Å². The largest absolute Gasteiger partial charge is 0.351 e. The number of carbonyl (C=O) groups excluding carboxylic acids is 2. The summed E-state index contributed by atoms with van der Waals surface area (Å²) in [5.41, 5.74) is 0.757. The Morgan fingerprint density at radius 2 is 2.05 bits per heavy atom. The second kappa shape index (κ2) is 7.11. The maximum absolute atomic E-state index is 11.7. The summed E-state index contributed by atoms with van der Waals surface area (Å²) in [6, 6.07) is 6.56. The van der Waals surface area contributed by atoms with E-state index in [0.29, 0.717) is 11.4 Å². The van der Waals surface area contributed by atoms with Crippen LogP contribution in [0, 0.1) is 0 Å². The van der Waals surface area contributed by atoms with Crippen LogP contribution in [0.5, 0.6) is 0 Å². The van der Waals surface area contributed by atoms with Crippen molar-refractivity contribution in [2.24, 2.45) is 0 Å². The lowest BCUT2D eigenvalue weighted by Crippen LogP contribution is -2.42. The van der Waals surface area contributed by atoms with E-state index in [9.17, 15) is 18.0 Å². The molecule has 1 atom stereocenters. The molecule has 0 spiro atoms. The van der Waals surface area contributed by atoms with E-state index in [0.717, 1.165) is 5.56 Å². The van der Waals surface area contributed by atoms with E-state index >= 15 is 0 Å². The Morgan fingerprint density at radius 1 is 1.27 bits per heavy atom. The lowest BCUT2D eigenvalue weighted by Gasteiger charge is -2.11. The van der Waals surface area contributed by atoms with Gasteiger partial charge in [-0.05, 0) is 24.1 Å². The van der Waals surface area contributed by atoms with Crippen molar-refractivity contribution in [1.82, 2.24) is 10.6 Å². The van der Waals surface area contributed by atoms with E-state index in [-0.39, 0.29) is 42.3 Å². The van der Waals surface area contributed by atoms with Gasteiger partial charge in [0.25, 0.3) is 0 Å². The van der Waals surface area contributed by atoms with Crippen molar-refractivity contribution in [1.29, 1.82) is 0 Å². The van der Waals surface area contributed by atoms with Gasteiger partial charge in [0, 0.05) is 11.1 Å². The molecule has 0 aromatic heterocycles. The predicted octanol–water partition coefficient (Wildman–Crippen LogP) is 0.302. The lowest BCUT2D eigenvalue weighted by molar-refractivity contribution is -0.126. The Hall–Kier alpha value is -1.60. The highest BCUT2D eigenvalue weighted by Gasteiger charge is 2.28. The van der Waals surface area contributed by atoms with E-state index in [1.807, 2.05) is 0 Å². The average Bonchev–Trinajstić information content (AvgIpc) is 2.75. The molecule has 1 aliphatic heterocycles. The molecule has 6 nitrogen and oxygen atoms in total. The van der Waals surface area contributed by atoms with Crippen molar-refractivity contribution in [3.8, 4) is 0 Å². The van der Waals surface area contributed by atoms with Gasteiger partial charge in [-0.2, -0.15) is 0 Å². The third kappa shape index (κ3) is 5.31. The fourth-order valence-corrected chi connectivity index (χ4v) is 4.15. The molecule has 1 aromatic rings. The highest BCUT2D eigenvalue weighted by molar-refractivity contribution is 7.91. The van der Waals surface area contributed by atoms with Crippen molar-refractivity contribution < 1.29 is 18.0 Å². The maximum atomic E-state index is 11.7. The van der Waals surface area contributed by atoms with E-state index in [1.54, 1.807) is 24.3 Å². The van der Waals surface area contributed by atoms with Crippen LogP contribution in [-0.2, 0) is 25.8 Å². The molecule has 1 aliphatic rings. The second-order valence-corrected chi connectivity index (χ2v) is 7.92. The van der Waals surface area contributed by atoms with Gasteiger partial charge in [-0.15, -0.1) is 0 Å². The molecule has 22 heavy (non-hydrogen) atoms. The average molecular weight is 345 g/mol. The van der Waals surface area contributed by atoms with Crippen LogP contribution in [0.25, 0.3) is 0 Å². The summed E-state index contributed by atoms with van der Waals surface area (Å²) in [6.07, 6.45) is 0.552. The van der Waals surface area contributed by atoms with E-state index in [1.165, 1.54) is 0 Å². The van der Waals surface area contributed by atoms with Gasteiger partial charge < -0.3 is 10.6 Å². The highest BCUT2D eigenvalue weighted by atomic mass is 35.5. The van der Waals surface area contributed by atoms with E-state index in [2.05, 4.69) is 10.6 Å². The van der Waals surface area contributed by atoms with Gasteiger partial charge in [0.1, 0.15) is 0 Å². The van der Waals surface area contributed by atoms with Gasteiger partial charge in [0.15, 0.2) is 9.84 Å². The molecule has 2 rings (SSSR count). The number of sulfone groups is 1. The molecule has 0 bridgehead atoms. The first-order chi connectivity index (χ1) is 10.3. The molecule has 1 unspecified atom stereocenters. The zero-order valence-electron chi connectivity index (χ0n) is 11.8. The third-order valence-electron chi connectivity index (χ3n) is 3.30. The van der Waals surface area contributed by atoms with Crippen LogP contribution in [0.3, 0.4) is 0 Å². The van der Waals surface area contributed by atoms with Crippen LogP contribution in [0.15, 0.2) is 24.3 Å². The fourth-order valence-electron chi connectivity index (χ4n) is 2.26. The molecule has 2 amide bonds. The fraction of sp³-hybridized carbons (Fsp3) is 0.429. The summed E-state index contributed by atoms with van der Waals surface area (Å²) >= 11 is 5.83. The smallest absolute Gasteiger partial charge is 0.239 e. The van der Waals surface area contributed by atoms with Gasteiger partial charge in [-0.25, -0.2) is 8.42 Å². The number of benzene rings is 1. The SMILES string of the molecule is O=C(Cc1cccc(Cl)c1)NCC(=O)NC1CCS(=O)(=O)C1. The van der Waals surface area contributed by atoms with Crippen LogP contribution in [-0.4, -0.2) is 44.3 Å². The Kier molecular flexibility index (Phi) is 5.42. The standard InChI is InChI=1S/C14H17ClN2O4S/c15-11-3-1-2-10(6-11)7-13(18)16-8-14(19)17-12-4-5-22(20,21)9-12/h1-3,6,12H,4-5,7-9H2,(H,16,18)(H,17,19). The molecule has 0 aliphatic carbocycles. The molecule has 2 N–H and O–H groups in total. The number of nitrogens with one attached hydrogen (secondary N) is 2. The van der Waals surface area contributed by atoms with E-state index in [4.69, 9.17) is 11.6 Å². The van der Waals surface area contributed by atoms with Gasteiger partial charge in [0.2, 0.25) is 11.8 Å². The van der Waals surface area contributed by atoms with E-state index < -0.39 is 9.84 Å². The van der Waals surface area contributed by atoms with Crippen molar-refractivity contribution in [2.45, 2.75) is 18.9 Å². The van der Waals surface area contributed by atoms with Gasteiger partial charge >= 0.3 is 0 Å². The molecular formula is C14H17ClN2O4S. The van der Waals surface area contributed by atoms with Crippen molar-refractivity contribution in [3.63, 3.8) is 0 Å². The van der Waals surface area contributed by atoms with Crippen molar-refractivity contribution >= 4 is 33.3 Å². The minimum absolute atomic E-state index is 0.0325. The Balaban J connectivity index is 1.73. The summed E-state index contributed by atoms with van der Waals surface area (Å²) in [4.78, 5) is 23.4. The first-order valence-electron chi connectivity index (χ1n) is 6.85. The minimum Gasteiger partial charge on any atom is -0.351 e. The van der Waals surface area contributed by atoms with Crippen molar-refractivity contribution in [3.05, 3.63) is 34.9 Å². The summed E-state index contributed by atoms with van der Waals surface area (Å²) in [5.74, 6) is -0.619.